The van der Waals surface area contributed by atoms with Crippen LogP contribution in [0.5, 0.6) is 0 Å². The quantitative estimate of drug-likeness (QED) is 0.921. The van der Waals surface area contributed by atoms with E-state index in [-0.39, 0.29) is 11.8 Å². The van der Waals surface area contributed by atoms with Gasteiger partial charge in [-0.2, -0.15) is 0 Å². The van der Waals surface area contributed by atoms with Crippen LogP contribution in [0.25, 0.3) is 0 Å². The minimum Gasteiger partial charge on any atom is -0.323 e. The van der Waals surface area contributed by atoms with Crippen LogP contribution in [-0.2, 0) is 6.54 Å². The third-order valence-corrected chi connectivity index (χ3v) is 2.58. The van der Waals surface area contributed by atoms with Crippen LogP contribution in [0.3, 0.4) is 0 Å². The molecule has 0 saturated heterocycles. The van der Waals surface area contributed by atoms with Gasteiger partial charge in [0.05, 0.1) is 0 Å². The van der Waals surface area contributed by atoms with E-state index in [9.17, 15) is 9.18 Å². The molecule has 4 nitrogen and oxygen atoms in total. The van der Waals surface area contributed by atoms with Crippen molar-refractivity contribution in [3.8, 4) is 0 Å². The molecule has 19 heavy (non-hydrogen) atoms. The number of carbonyl (C=O) groups excluding carboxylic acids is 1. The SMILES string of the molecule is CN(Cc1cccnc1)C(=O)Nc1ccc(F)cc1. The molecule has 0 fully saturated rings. The van der Waals surface area contributed by atoms with Crippen LogP contribution < -0.4 is 5.32 Å². The Balaban J connectivity index is 1.94. The van der Waals surface area contributed by atoms with E-state index in [0.29, 0.717) is 12.2 Å². The van der Waals surface area contributed by atoms with Gasteiger partial charge in [0, 0.05) is 31.7 Å². The van der Waals surface area contributed by atoms with Crippen LogP contribution in [-0.4, -0.2) is 23.0 Å². The topological polar surface area (TPSA) is 45.2 Å². The lowest BCUT2D eigenvalue weighted by Gasteiger charge is -2.17. The van der Waals surface area contributed by atoms with Gasteiger partial charge in [0.1, 0.15) is 5.82 Å². The zero-order valence-corrected chi connectivity index (χ0v) is 10.5. The predicted molar refractivity (Wildman–Crippen MR) is 71.1 cm³/mol. The van der Waals surface area contributed by atoms with Gasteiger partial charge in [-0.15, -0.1) is 0 Å². The number of aromatic nitrogens is 1. The molecule has 2 aromatic rings. The van der Waals surface area contributed by atoms with Crippen LogP contribution in [0.2, 0.25) is 0 Å². The van der Waals surface area contributed by atoms with Crippen molar-refractivity contribution in [1.82, 2.24) is 9.88 Å². The maximum absolute atomic E-state index is 12.7. The molecule has 98 valence electrons. The van der Waals surface area contributed by atoms with Crippen molar-refractivity contribution in [3.05, 3.63) is 60.2 Å². The number of nitrogens with zero attached hydrogens (tertiary/aromatic N) is 2. The number of urea groups is 1. The van der Waals surface area contributed by atoms with Crippen LogP contribution in [0.15, 0.2) is 48.8 Å². The van der Waals surface area contributed by atoms with E-state index in [2.05, 4.69) is 10.3 Å². The number of benzene rings is 1. The summed E-state index contributed by atoms with van der Waals surface area (Å²) in [4.78, 5) is 17.4. The first-order valence-electron chi connectivity index (χ1n) is 5.82. The first kappa shape index (κ1) is 13.0. The highest BCUT2D eigenvalue weighted by atomic mass is 19.1. The largest absolute Gasteiger partial charge is 0.323 e. The van der Waals surface area contributed by atoms with Gasteiger partial charge in [-0.3, -0.25) is 4.98 Å². The lowest BCUT2D eigenvalue weighted by Crippen LogP contribution is -2.30. The maximum Gasteiger partial charge on any atom is 0.321 e. The summed E-state index contributed by atoms with van der Waals surface area (Å²) in [5.41, 5.74) is 1.50. The number of pyridine rings is 1. The van der Waals surface area contributed by atoms with Gasteiger partial charge in [0.2, 0.25) is 0 Å². The Bertz CT molecular complexity index is 542. The van der Waals surface area contributed by atoms with Crippen LogP contribution in [0.4, 0.5) is 14.9 Å². The Hall–Kier alpha value is -2.43. The molecule has 0 aliphatic carbocycles. The van der Waals surface area contributed by atoms with Crippen LogP contribution >= 0.6 is 0 Å². The average Bonchev–Trinajstić information content (AvgIpc) is 2.42. The standard InChI is InChI=1S/C14H14FN3O/c1-18(10-11-3-2-8-16-9-11)14(19)17-13-6-4-12(15)5-7-13/h2-9H,10H2,1H3,(H,17,19). The second-order valence-corrected chi connectivity index (χ2v) is 4.15. The molecule has 5 heteroatoms. The molecule has 0 aliphatic rings. The lowest BCUT2D eigenvalue weighted by molar-refractivity contribution is 0.220. The normalized spacial score (nSPS) is 10.0. The molecule has 1 aromatic heterocycles. The fourth-order valence-electron chi connectivity index (χ4n) is 1.59. The average molecular weight is 259 g/mol. The number of halogens is 1. The molecular formula is C14H14FN3O. The second-order valence-electron chi connectivity index (χ2n) is 4.15. The fourth-order valence-corrected chi connectivity index (χ4v) is 1.59. The molecule has 1 heterocycles. The molecule has 0 bridgehead atoms. The molecule has 1 aromatic carbocycles. The molecule has 0 saturated carbocycles. The number of anilines is 1. The second kappa shape index (κ2) is 5.95. The van der Waals surface area contributed by atoms with Crippen molar-refractivity contribution >= 4 is 11.7 Å². The van der Waals surface area contributed by atoms with Gasteiger partial charge < -0.3 is 10.2 Å². The molecule has 0 spiro atoms. The van der Waals surface area contributed by atoms with Gasteiger partial charge in [0.15, 0.2) is 0 Å². The van der Waals surface area contributed by atoms with Gasteiger partial charge >= 0.3 is 6.03 Å². The first-order valence-corrected chi connectivity index (χ1v) is 5.82. The van der Waals surface area contributed by atoms with Crippen LogP contribution in [0, 0.1) is 5.82 Å². The number of hydrogen-bond donors (Lipinski definition) is 1. The van der Waals surface area contributed by atoms with Gasteiger partial charge in [-0.1, -0.05) is 6.07 Å². The van der Waals surface area contributed by atoms with Gasteiger partial charge in [0.25, 0.3) is 0 Å². The number of rotatable bonds is 3. The van der Waals surface area contributed by atoms with Crippen molar-refractivity contribution in [3.63, 3.8) is 0 Å². The highest BCUT2D eigenvalue weighted by Crippen LogP contribution is 2.10. The third-order valence-electron chi connectivity index (χ3n) is 2.58. The van der Waals surface area contributed by atoms with E-state index in [4.69, 9.17) is 0 Å². The minimum atomic E-state index is -0.332. The van der Waals surface area contributed by atoms with E-state index >= 15 is 0 Å². The molecular weight excluding hydrogens is 245 g/mol. The summed E-state index contributed by atoms with van der Waals surface area (Å²) in [6, 6.07) is 9.11. The summed E-state index contributed by atoms with van der Waals surface area (Å²) in [6.07, 6.45) is 3.39. The number of hydrogen-bond acceptors (Lipinski definition) is 2. The number of nitrogens with one attached hydrogen (secondary N) is 1. The highest BCUT2D eigenvalue weighted by Gasteiger charge is 2.09. The molecule has 1 N–H and O–H groups in total. The van der Waals surface area contributed by atoms with E-state index in [1.807, 2.05) is 12.1 Å². The van der Waals surface area contributed by atoms with Gasteiger partial charge in [-0.25, -0.2) is 9.18 Å². The molecule has 0 aliphatic heterocycles. The molecule has 0 unspecified atom stereocenters. The Morgan fingerprint density at radius 3 is 2.68 bits per heavy atom. The number of carbonyl (C=O) groups is 1. The maximum atomic E-state index is 12.7. The number of amides is 2. The highest BCUT2D eigenvalue weighted by molar-refractivity contribution is 5.89. The molecule has 0 radical (unpaired) electrons. The fraction of sp³-hybridized carbons (Fsp3) is 0.143. The lowest BCUT2D eigenvalue weighted by atomic mass is 10.3. The Labute approximate surface area is 110 Å². The van der Waals surface area contributed by atoms with E-state index in [0.717, 1.165) is 5.56 Å². The summed E-state index contributed by atoms with van der Waals surface area (Å²) >= 11 is 0. The van der Waals surface area contributed by atoms with Gasteiger partial charge in [-0.05, 0) is 35.9 Å². The van der Waals surface area contributed by atoms with Crippen molar-refractivity contribution in [1.29, 1.82) is 0 Å². The predicted octanol–water partition coefficient (Wildman–Crippen LogP) is 2.88. The van der Waals surface area contributed by atoms with E-state index in [1.54, 1.807) is 19.4 Å². The summed E-state index contributed by atoms with van der Waals surface area (Å²) in [7, 11) is 1.69. The van der Waals surface area contributed by atoms with Crippen LogP contribution in [0.1, 0.15) is 5.56 Å². The monoisotopic (exact) mass is 259 g/mol. The van der Waals surface area contributed by atoms with Crippen molar-refractivity contribution in [2.45, 2.75) is 6.54 Å². The molecule has 2 rings (SSSR count). The molecule has 2 amide bonds. The zero-order chi connectivity index (χ0) is 13.7. The Morgan fingerprint density at radius 1 is 1.32 bits per heavy atom. The van der Waals surface area contributed by atoms with Crippen molar-refractivity contribution in [2.24, 2.45) is 0 Å². The van der Waals surface area contributed by atoms with E-state index < -0.39 is 0 Å². The zero-order valence-electron chi connectivity index (χ0n) is 10.5. The third kappa shape index (κ3) is 3.77. The minimum absolute atomic E-state index is 0.254. The van der Waals surface area contributed by atoms with E-state index in [1.165, 1.54) is 29.2 Å². The summed E-state index contributed by atoms with van der Waals surface area (Å²) in [6.45, 7) is 0.459. The smallest absolute Gasteiger partial charge is 0.321 e. The molecule has 0 atom stereocenters. The van der Waals surface area contributed by atoms with Crippen molar-refractivity contribution in [2.75, 3.05) is 12.4 Å². The Kier molecular flexibility index (Phi) is 4.07. The Morgan fingerprint density at radius 2 is 2.05 bits per heavy atom. The summed E-state index contributed by atoms with van der Waals surface area (Å²) in [5, 5.41) is 2.69. The summed E-state index contributed by atoms with van der Waals surface area (Å²) < 4.78 is 12.7. The first-order chi connectivity index (χ1) is 9.15. The summed E-state index contributed by atoms with van der Waals surface area (Å²) in [5.74, 6) is -0.332. The van der Waals surface area contributed by atoms with Crippen molar-refractivity contribution < 1.29 is 9.18 Å².